The highest BCUT2D eigenvalue weighted by Crippen LogP contribution is 2.12. The molecule has 0 aliphatic carbocycles. The molecule has 1 unspecified atom stereocenters. The molecule has 1 heterocycles. The maximum absolute atomic E-state index is 10.5. The number of amides is 1. The molecule has 1 fully saturated rings. The van der Waals surface area contributed by atoms with Gasteiger partial charge in [0.1, 0.15) is 6.54 Å². The quantitative estimate of drug-likeness (QED) is 0.465. The summed E-state index contributed by atoms with van der Waals surface area (Å²) in [7, 11) is -1.54. The minimum atomic E-state index is -1.54. The summed E-state index contributed by atoms with van der Waals surface area (Å²) in [6, 6.07) is -0.0224. The molecule has 1 saturated heterocycles. The molecule has 0 aromatic rings. The van der Waals surface area contributed by atoms with E-state index in [1.807, 2.05) is 0 Å². The molecule has 1 aliphatic heterocycles. The SMILES string of the molecule is CC(C[S-](=N)=O)N1CC1=O. The summed E-state index contributed by atoms with van der Waals surface area (Å²) in [4.78, 5) is 12.1. The molecular formula is C5H9N2O2S-. The molecule has 0 spiro atoms. The van der Waals surface area contributed by atoms with Gasteiger partial charge in [-0.1, -0.05) is 5.75 Å². The lowest BCUT2D eigenvalue weighted by molar-refractivity contribution is -0.114. The maximum Gasteiger partial charge on any atom is 0.242 e. The van der Waals surface area contributed by atoms with Crippen LogP contribution < -0.4 is 0 Å². The molecule has 1 atom stereocenters. The third kappa shape index (κ3) is 1.70. The molecule has 58 valence electrons. The van der Waals surface area contributed by atoms with Crippen LogP contribution in [0.25, 0.3) is 0 Å². The Morgan fingerprint density at radius 1 is 1.90 bits per heavy atom. The van der Waals surface area contributed by atoms with E-state index < -0.39 is 10.6 Å². The summed E-state index contributed by atoms with van der Waals surface area (Å²) in [5.41, 5.74) is 0. The van der Waals surface area contributed by atoms with Gasteiger partial charge in [0.15, 0.2) is 0 Å². The van der Waals surface area contributed by atoms with Gasteiger partial charge in [-0.2, -0.15) is 10.6 Å². The van der Waals surface area contributed by atoms with E-state index in [-0.39, 0.29) is 17.7 Å². The van der Waals surface area contributed by atoms with Crippen LogP contribution in [0.15, 0.2) is 0 Å². The highest BCUT2D eigenvalue weighted by molar-refractivity contribution is 7.73. The van der Waals surface area contributed by atoms with Crippen molar-refractivity contribution in [3.8, 4) is 0 Å². The van der Waals surface area contributed by atoms with Gasteiger partial charge in [-0.25, -0.2) is 0 Å². The van der Waals surface area contributed by atoms with Crippen molar-refractivity contribution >= 4 is 16.5 Å². The first-order valence-corrected chi connectivity index (χ1v) is 4.32. The number of hydrogen-bond acceptors (Lipinski definition) is 4. The minimum absolute atomic E-state index is 0.0224. The predicted molar refractivity (Wildman–Crippen MR) is 36.8 cm³/mol. The Kier molecular flexibility index (Phi) is 1.94. The number of carbonyl (C=O) groups is 1. The summed E-state index contributed by atoms with van der Waals surface area (Å²) in [5.74, 6) is 0.365. The van der Waals surface area contributed by atoms with E-state index in [0.717, 1.165) is 0 Å². The van der Waals surface area contributed by atoms with Gasteiger partial charge in [-0.15, -0.1) is 0 Å². The van der Waals surface area contributed by atoms with Crippen molar-refractivity contribution in [2.45, 2.75) is 13.0 Å². The van der Waals surface area contributed by atoms with Gasteiger partial charge in [0, 0.05) is 6.04 Å². The predicted octanol–water partition coefficient (Wildman–Crippen LogP) is -0.0567. The van der Waals surface area contributed by atoms with Crippen LogP contribution in [-0.4, -0.2) is 29.1 Å². The standard InChI is InChI=1S/C5H9N2O2S/c1-4(3-10(6)9)7-2-5(7)8/h4,6H,2-3H2,1H3/q-1. The fourth-order valence-corrected chi connectivity index (χ4v) is 1.44. The number of nitrogens with one attached hydrogen (secondary N) is 1. The van der Waals surface area contributed by atoms with Crippen LogP contribution in [0.3, 0.4) is 0 Å². The highest BCUT2D eigenvalue weighted by atomic mass is 32.2. The van der Waals surface area contributed by atoms with Crippen molar-refractivity contribution in [2.24, 2.45) is 0 Å². The molecule has 1 N–H and O–H groups in total. The van der Waals surface area contributed by atoms with Crippen molar-refractivity contribution in [1.82, 2.24) is 4.90 Å². The number of rotatable bonds is 3. The normalized spacial score (nSPS) is 19.8. The van der Waals surface area contributed by atoms with Crippen LogP contribution in [-0.2, 0) is 19.6 Å². The molecule has 0 bridgehead atoms. The molecule has 0 aromatic carbocycles. The molecule has 0 saturated carbocycles. The monoisotopic (exact) mass is 161 g/mol. The van der Waals surface area contributed by atoms with Gasteiger partial charge in [0.2, 0.25) is 5.91 Å². The molecule has 10 heavy (non-hydrogen) atoms. The first kappa shape index (κ1) is 7.53. The van der Waals surface area contributed by atoms with E-state index in [9.17, 15) is 9.00 Å². The lowest BCUT2D eigenvalue weighted by atomic mass is 10.4. The Morgan fingerprint density at radius 3 is 2.70 bits per heavy atom. The summed E-state index contributed by atoms with van der Waals surface area (Å²) >= 11 is 0. The van der Waals surface area contributed by atoms with E-state index in [0.29, 0.717) is 6.54 Å². The van der Waals surface area contributed by atoms with Crippen molar-refractivity contribution in [3.05, 3.63) is 0 Å². The van der Waals surface area contributed by atoms with Crippen LogP contribution in [0.2, 0.25) is 0 Å². The third-order valence-corrected chi connectivity index (χ3v) is 2.23. The van der Waals surface area contributed by atoms with Gasteiger partial charge >= 0.3 is 0 Å². The van der Waals surface area contributed by atoms with E-state index >= 15 is 0 Å². The molecule has 1 rings (SSSR count). The van der Waals surface area contributed by atoms with Crippen LogP contribution in [0.4, 0.5) is 0 Å². The fourth-order valence-electron chi connectivity index (χ4n) is 0.821. The summed E-state index contributed by atoms with van der Waals surface area (Å²) in [6.07, 6.45) is 0. The largest absolute Gasteiger partial charge is 0.445 e. The van der Waals surface area contributed by atoms with E-state index in [1.54, 1.807) is 11.8 Å². The lowest BCUT2D eigenvalue weighted by Gasteiger charge is -2.11. The minimum Gasteiger partial charge on any atom is -0.445 e. The second-order valence-electron chi connectivity index (χ2n) is 2.38. The zero-order valence-corrected chi connectivity index (χ0v) is 6.48. The molecule has 5 heteroatoms. The summed E-state index contributed by atoms with van der Waals surface area (Å²) in [5, 5.41) is 0. The Hall–Kier alpha value is -0.580. The molecule has 0 radical (unpaired) electrons. The first-order valence-electron chi connectivity index (χ1n) is 3.00. The average molecular weight is 161 g/mol. The van der Waals surface area contributed by atoms with Gasteiger partial charge in [-0.3, -0.25) is 4.79 Å². The first-order chi connectivity index (χ1) is 4.61. The Balaban J connectivity index is 2.36. The fraction of sp³-hybridized carbons (Fsp3) is 0.800. The molecular weight excluding hydrogens is 152 g/mol. The second kappa shape index (κ2) is 2.57. The van der Waals surface area contributed by atoms with Gasteiger partial charge in [0.25, 0.3) is 0 Å². The molecule has 0 aromatic heterocycles. The summed E-state index contributed by atoms with van der Waals surface area (Å²) in [6.45, 7) is 2.27. The van der Waals surface area contributed by atoms with Gasteiger partial charge < -0.3 is 13.9 Å². The summed E-state index contributed by atoms with van der Waals surface area (Å²) < 4.78 is 17.1. The van der Waals surface area contributed by atoms with Crippen LogP contribution >= 0.6 is 0 Å². The molecule has 1 amide bonds. The van der Waals surface area contributed by atoms with Crippen molar-refractivity contribution in [2.75, 3.05) is 12.3 Å². The number of nitrogens with zero attached hydrogens (tertiary/aromatic N) is 1. The van der Waals surface area contributed by atoms with E-state index in [4.69, 9.17) is 4.78 Å². The van der Waals surface area contributed by atoms with Crippen LogP contribution in [0.5, 0.6) is 0 Å². The Labute approximate surface area is 61.2 Å². The van der Waals surface area contributed by atoms with Crippen molar-refractivity contribution in [3.63, 3.8) is 0 Å². The highest BCUT2D eigenvalue weighted by Gasteiger charge is 2.32. The Bertz CT molecular complexity index is 216. The number of carbonyl (C=O) groups excluding carboxylic acids is 1. The number of hydrogen-bond donors (Lipinski definition) is 1. The van der Waals surface area contributed by atoms with Crippen LogP contribution in [0.1, 0.15) is 6.92 Å². The van der Waals surface area contributed by atoms with Crippen molar-refractivity contribution < 1.29 is 9.00 Å². The smallest absolute Gasteiger partial charge is 0.242 e. The van der Waals surface area contributed by atoms with E-state index in [1.165, 1.54) is 0 Å². The maximum atomic E-state index is 10.5. The average Bonchev–Trinajstić information content (AvgIpc) is 2.44. The Morgan fingerprint density at radius 2 is 2.40 bits per heavy atom. The lowest BCUT2D eigenvalue weighted by Crippen LogP contribution is -2.20. The van der Waals surface area contributed by atoms with Gasteiger partial charge in [-0.05, 0) is 6.92 Å². The second-order valence-corrected chi connectivity index (χ2v) is 3.41. The van der Waals surface area contributed by atoms with Gasteiger partial charge in [0.05, 0.1) is 0 Å². The zero-order valence-electron chi connectivity index (χ0n) is 5.66. The topological polar surface area (TPSA) is 61.0 Å². The van der Waals surface area contributed by atoms with Crippen LogP contribution in [0, 0.1) is 4.78 Å². The van der Waals surface area contributed by atoms with E-state index in [2.05, 4.69) is 0 Å². The van der Waals surface area contributed by atoms with Crippen molar-refractivity contribution in [1.29, 1.82) is 4.78 Å². The molecule has 1 aliphatic rings. The zero-order chi connectivity index (χ0) is 7.72. The third-order valence-electron chi connectivity index (χ3n) is 1.45. The molecule has 4 nitrogen and oxygen atoms in total.